The zero-order valence-electron chi connectivity index (χ0n) is 20.0. The summed E-state index contributed by atoms with van der Waals surface area (Å²) in [6, 6.07) is 13.7. The summed E-state index contributed by atoms with van der Waals surface area (Å²) in [6.07, 6.45) is 1.65. The van der Waals surface area contributed by atoms with Crippen LogP contribution in [-0.4, -0.2) is 37.2 Å². The quantitative estimate of drug-likeness (QED) is 0.395. The average Bonchev–Trinajstić information content (AvgIpc) is 3.35. The van der Waals surface area contributed by atoms with Crippen LogP contribution in [0, 0.1) is 0 Å². The summed E-state index contributed by atoms with van der Waals surface area (Å²) in [4.78, 5) is 46.9. The number of esters is 1. The molecule has 0 bridgehead atoms. The predicted octanol–water partition coefficient (Wildman–Crippen LogP) is 2.32. The van der Waals surface area contributed by atoms with Gasteiger partial charge in [-0.2, -0.15) is 0 Å². The van der Waals surface area contributed by atoms with E-state index in [9.17, 15) is 14.4 Å². The molecule has 9 heteroatoms. The highest BCUT2D eigenvalue weighted by atomic mass is 32.1. The lowest BCUT2D eigenvalue weighted by atomic mass is 9.96. The molecule has 2 aromatic carbocycles. The molecule has 2 aliphatic heterocycles. The lowest BCUT2D eigenvalue weighted by Crippen LogP contribution is -2.40. The fourth-order valence-electron chi connectivity index (χ4n) is 4.65. The Labute approximate surface area is 210 Å². The Morgan fingerprint density at radius 2 is 1.86 bits per heavy atom. The van der Waals surface area contributed by atoms with E-state index in [1.807, 2.05) is 24.3 Å². The highest BCUT2D eigenvalue weighted by Crippen LogP contribution is 2.35. The van der Waals surface area contributed by atoms with Crippen LogP contribution < -0.4 is 24.5 Å². The fraction of sp³-hybridized carbons (Fsp3) is 0.185. The first-order chi connectivity index (χ1) is 17.4. The molecule has 0 N–H and O–H groups in total. The van der Waals surface area contributed by atoms with Crippen molar-refractivity contribution in [2.45, 2.75) is 13.0 Å². The number of hydrogen-bond donors (Lipinski definition) is 0. The van der Waals surface area contributed by atoms with Crippen molar-refractivity contribution in [1.29, 1.82) is 0 Å². The molecule has 1 aromatic heterocycles. The van der Waals surface area contributed by atoms with Gasteiger partial charge in [-0.15, -0.1) is 6.58 Å². The van der Waals surface area contributed by atoms with Crippen molar-refractivity contribution in [2.24, 2.45) is 4.99 Å². The second-order valence-corrected chi connectivity index (χ2v) is 9.24. The van der Waals surface area contributed by atoms with Crippen molar-refractivity contribution in [2.75, 3.05) is 25.7 Å². The number of allylic oxidation sites excluding steroid dienone is 1. The van der Waals surface area contributed by atoms with Crippen molar-refractivity contribution in [1.82, 2.24) is 4.57 Å². The molecule has 3 aromatic rings. The number of fused-ring (bicyclic) bond motifs is 2. The topological polar surface area (TPSA) is 90.2 Å². The van der Waals surface area contributed by atoms with E-state index in [1.54, 1.807) is 49.3 Å². The molecule has 0 radical (unpaired) electrons. The third-order valence-electron chi connectivity index (χ3n) is 6.30. The minimum absolute atomic E-state index is 0.262. The Morgan fingerprint density at radius 1 is 1.14 bits per heavy atom. The summed E-state index contributed by atoms with van der Waals surface area (Å²) >= 11 is 1.14. The van der Waals surface area contributed by atoms with E-state index in [4.69, 9.17) is 9.47 Å². The molecule has 0 fully saturated rings. The zero-order valence-corrected chi connectivity index (χ0v) is 20.8. The van der Waals surface area contributed by atoms with E-state index in [0.717, 1.165) is 17.0 Å². The van der Waals surface area contributed by atoms with Gasteiger partial charge in [-0.05, 0) is 30.7 Å². The van der Waals surface area contributed by atoms with Crippen molar-refractivity contribution < 1.29 is 19.1 Å². The molecule has 0 saturated heterocycles. The molecule has 5 rings (SSSR count). The van der Waals surface area contributed by atoms with Crippen molar-refractivity contribution >= 4 is 34.5 Å². The Kier molecular flexibility index (Phi) is 5.93. The first-order valence-corrected chi connectivity index (χ1v) is 12.0. The first-order valence-electron chi connectivity index (χ1n) is 11.2. The van der Waals surface area contributed by atoms with Gasteiger partial charge in [0.25, 0.3) is 11.5 Å². The standard InChI is InChI=1S/C27H23N3O5S/c1-5-14-29-19-9-7-6-8-18(19)21(24(29)31)23-25(32)30-22(16-10-12-17(34-3)13-11-16)20(26(33)35-4)15(2)28-27(30)36-23/h5-13,22H,1,14H2,2-4H3/t22-/m1/s1. The minimum atomic E-state index is -0.773. The number of amides is 1. The monoisotopic (exact) mass is 501 g/mol. The summed E-state index contributed by atoms with van der Waals surface area (Å²) in [5.74, 6) is -0.204. The van der Waals surface area contributed by atoms with E-state index in [0.29, 0.717) is 39.5 Å². The fourth-order valence-corrected chi connectivity index (χ4v) is 5.79. The molecule has 8 nitrogen and oxygen atoms in total. The van der Waals surface area contributed by atoms with Gasteiger partial charge in [0.15, 0.2) is 4.80 Å². The van der Waals surface area contributed by atoms with Crippen LogP contribution >= 0.6 is 11.3 Å². The SMILES string of the molecule is C=CCN1C(=O)C(=c2sc3n(c2=O)[C@H](c2ccc(OC)cc2)C(C(=O)OC)=C(C)N=3)c2ccccc21. The number of benzene rings is 2. The van der Waals surface area contributed by atoms with Crippen molar-refractivity contribution in [3.8, 4) is 5.75 Å². The number of methoxy groups -OCH3 is 2. The third-order valence-corrected chi connectivity index (χ3v) is 7.35. The number of carbonyl (C=O) groups is 2. The van der Waals surface area contributed by atoms with Gasteiger partial charge >= 0.3 is 5.97 Å². The number of para-hydroxylation sites is 1. The molecule has 36 heavy (non-hydrogen) atoms. The summed E-state index contributed by atoms with van der Waals surface area (Å²) in [7, 11) is 2.86. The molecular weight excluding hydrogens is 478 g/mol. The molecule has 0 saturated carbocycles. The number of ether oxygens (including phenoxy) is 2. The first kappa shape index (κ1) is 23.5. The van der Waals surface area contributed by atoms with Gasteiger partial charge in [0, 0.05) is 12.1 Å². The molecule has 0 aliphatic carbocycles. The number of thiazole rings is 1. The van der Waals surface area contributed by atoms with Gasteiger partial charge < -0.3 is 14.4 Å². The van der Waals surface area contributed by atoms with Crippen LogP contribution in [-0.2, 0) is 14.3 Å². The van der Waals surface area contributed by atoms with E-state index >= 15 is 0 Å². The van der Waals surface area contributed by atoms with Gasteiger partial charge in [0.1, 0.15) is 10.3 Å². The van der Waals surface area contributed by atoms with E-state index in [-0.39, 0.29) is 16.0 Å². The Bertz CT molecular complexity index is 1630. The molecule has 182 valence electrons. The van der Waals surface area contributed by atoms with Crippen LogP contribution in [0.15, 0.2) is 82.2 Å². The van der Waals surface area contributed by atoms with E-state index in [2.05, 4.69) is 11.6 Å². The highest BCUT2D eigenvalue weighted by molar-refractivity contribution is 7.07. The smallest absolute Gasteiger partial charge is 0.338 e. The van der Waals surface area contributed by atoms with Crippen LogP contribution in [0.2, 0.25) is 0 Å². The number of aromatic nitrogens is 1. The van der Waals surface area contributed by atoms with E-state index in [1.165, 1.54) is 11.7 Å². The van der Waals surface area contributed by atoms with Gasteiger partial charge in [0.05, 0.1) is 42.8 Å². The maximum absolute atomic E-state index is 14.0. The Balaban J connectivity index is 1.81. The molecule has 2 aliphatic rings. The number of anilines is 1. The van der Waals surface area contributed by atoms with Crippen LogP contribution in [0.4, 0.5) is 5.69 Å². The second-order valence-electron chi connectivity index (χ2n) is 8.26. The molecular formula is C27H23N3O5S. The number of rotatable bonds is 5. The van der Waals surface area contributed by atoms with Crippen molar-refractivity contribution in [3.05, 3.63) is 103 Å². The Hall–Kier alpha value is -4.24. The number of nitrogens with zero attached hydrogens (tertiary/aromatic N) is 3. The molecule has 0 unspecified atom stereocenters. The third kappa shape index (κ3) is 3.51. The van der Waals surface area contributed by atoms with Gasteiger partial charge in [-0.3, -0.25) is 14.2 Å². The molecule has 3 heterocycles. The summed E-state index contributed by atoms with van der Waals surface area (Å²) in [5.41, 5.74) is 2.73. The van der Waals surface area contributed by atoms with Crippen LogP contribution in [0.25, 0.3) is 5.57 Å². The summed E-state index contributed by atoms with van der Waals surface area (Å²) < 4.78 is 12.1. The summed E-state index contributed by atoms with van der Waals surface area (Å²) in [5, 5.41) is 0. The largest absolute Gasteiger partial charge is 0.497 e. The number of hydrogen-bond acceptors (Lipinski definition) is 7. The lowest BCUT2D eigenvalue weighted by Gasteiger charge is -2.24. The molecule has 1 amide bonds. The zero-order chi connectivity index (χ0) is 25.6. The molecule has 0 spiro atoms. The summed E-state index contributed by atoms with van der Waals surface area (Å²) in [6.45, 7) is 5.79. The normalized spacial score (nSPS) is 17.9. The second kappa shape index (κ2) is 9.09. The van der Waals surface area contributed by atoms with Crippen LogP contribution in [0.1, 0.15) is 24.1 Å². The average molecular weight is 502 g/mol. The van der Waals surface area contributed by atoms with Gasteiger partial charge in [-0.1, -0.05) is 47.7 Å². The van der Waals surface area contributed by atoms with Crippen LogP contribution in [0.5, 0.6) is 5.75 Å². The van der Waals surface area contributed by atoms with Crippen LogP contribution in [0.3, 0.4) is 0 Å². The van der Waals surface area contributed by atoms with E-state index < -0.39 is 17.6 Å². The van der Waals surface area contributed by atoms with Gasteiger partial charge in [0.2, 0.25) is 0 Å². The minimum Gasteiger partial charge on any atom is -0.497 e. The van der Waals surface area contributed by atoms with Crippen molar-refractivity contribution in [3.63, 3.8) is 0 Å². The Morgan fingerprint density at radius 3 is 2.53 bits per heavy atom. The lowest BCUT2D eigenvalue weighted by molar-refractivity contribution is -0.136. The van der Waals surface area contributed by atoms with Gasteiger partial charge in [-0.25, -0.2) is 9.79 Å². The number of carbonyl (C=O) groups excluding carboxylic acids is 2. The maximum Gasteiger partial charge on any atom is 0.338 e. The maximum atomic E-state index is 14.0. The highest BCUT2D eigenvalue weighted by Gasteiger charge is 2.36. The predicted molar refractivity (Wildman–Crippen MR) is 137 cm³/mol. The molecule has 1 atom stereocenters.